The summed E-state index contributed by atoms with van der Waals surface area (Å²) in [6.45, 7) is 1.94. The summed E-state index contributed by atoms with van der Waals surface area (Å²) in [5.74, 6) is 1.78. The monoisotopic (exact) mass is 473 g/mol. The molecule has 1 aromatic carbocycles. The van der Waals surface area contributed by atoms with Gasteiger partial charge in [0.25, 0.3) is 5.91 Å². The number of pyridine rings is 1. The highest BCUT2D eigenvalue weighted by atomic mass is 32.1. The van der Waals surface area contributed by atoms with Gasteiger partial charge in [0.05, 0.1) is 15.8 Å². The van der Waals surface area contributed by atoms with Crippen LogP contribution >= 0.6 is 11.3 Å². The van der Waals surface area contributed by atoms with Crippen molar-refractivity contribution in [2.45, 2.75) is 18.9 Å². The first-order chi connectivity index (χ1) is 16.5. The third-order valence-electron chi connectivity index (χ3n) is 6.21. The summed E-state index contributed by atoms with van der Waals surface area (Å²) in [6.07, 6.45) is 3.69. The van der Waals surface area contributed by atoms with Crippen molar-refractivity contribution in [2.24, 2.45) is 0 Å². The van der Waals surface area contributed by atoms with Gasteiger partial charge in [-0.25, -0.2) is 15.0 Å². The third-order valence-corrected chi connectivity index (χ3v) is 7.11. The Morgan fingerprint density at radius 2 is 1.97 bits per heavy atom. The van der Waals surface area contributed by atoms with E-state index in [9.17, 15) is 4.79 Å². The summed E-state index contributed by atoms with van der Waals surface area (Å²) in [7, 11) is 4.30. The number of amides is 1. The molecule has 1 aliphatic heterocycles. The first kappa shape index (κ1) is 22.2. The van der Waals surface area contributed by atoms with E-state index in [1.807, 2.05) is 30.3 Å². The number of carbonyl (C=O) groups is 1. The van der Waals surface area contributed by atoms with Gasteiger partial charge < -0.3 is 20.9 Å². The minimum absolute atomic E-state index is 0.247. The number of aromatic nitrogens is 3. The molecule has 4 aromatic rings. The van der Waals surface area contributed by atoms with E-state index in [0.29, 0.717) is 28.9 Å². The summed E-state index contributed by atoms with van der Waals surface area (Å²) >= 11 is 1.68. The Labute approximate surface area is 202 Å². The van der Waals surface area contributed by atoms with Crippen molar-refractivity contribution in [1.29, 1.82) is 0 Å². The summed E-state index contributed by atoms with van der Waals surface area (Å²) in [6, 6.07) is 13.5. The SMILES string of the molecule is CN(C)C1CCN(c2nc(-c3cccc(NC(=O)c4ccc(N)nc4)c3)nc3ccsc23)CC1. The van der Waals surface area contributed by atoms with E-state index < -0.39 is 0 Å². The van der Waals surface area contributed by atoms with Gasteiger partial charge in [0.1, 0.15) is 5.82 Å². The van der Waals surface area contributed by atoms with Crippen LogP contribution in [0.25, 0.3) is 21.6 Å². The standard InChI is InChI=1S/C25H27N7OS/c1-31(2)19-8-11-32(12-9-19)24-22-20(10-13-34-22)29-23(30-24)16-4-3-5-18(14-16)28-25(33)17-6-7-21(26)27-15-17/h3-7,10,13-15,19H,8-9,11-12H2,1-2H3,(H2,26,27)(H,28,33). The highest BCUT2D eigenvalue weighted by Crippen LogP contribution is 2.33. The van der Waals surface area contributed by atoms with Gasteiger partial charge in [-0.15, -0.1) is 11.3 Å². The van der Waals surface area contributed by atoms with Crippen molar-refractivity contribution in [1.82, 2.24) is 19.9 Å². The largest absolute Gasteiger partial charge is 0.384 e. The van der Waals surface area contributed by atoms with Gasteiger partial charge in [-0.2, -0.15) is 0 Å². The highest BCUT2D eigenvalue weighted by Gasteiger charge is 2.24. The van der Waals surface area contributed by atoms with Crippen molar-refractivity contribution < 1.29 is 4.79 Å². The number of carbonyl (C=O) groups excluding carboxylic acids is 1. The molecule has 5 rings (SSSR count). The molecule has 4 heterocycles. The molecule has 3 N–H and O–H groups in total. The molecule has 0 bridgehead atoms. The van der Waals surface area contributed by atoms with Crippen molar-refractivity contribution in [2.75, 3.05) is 43.1 Å². The molecule has 0 radical (unpaired) electrons. The van der Waals surface area contributed by atoms with Crippen molar-refractivity contribution in [3.8, 4) is 11.4 Å². The van der Waals surface area contributed by atoms with Crippen molar-refractivity contribution in [3.05, 3.63) is 59.6 Å². The van der Waals surface area contributed by atoms with E-state index in [1.54, 1.807) is 23.5 Å². The molecule has 1 fully saturated rings. The lowest BCUT2D eigenvalue weighted by Gasteiger charge is -2.36. The molecule has 1 amide bonds. The number of fused-ring (bicyclic) bond motifs is 1. The summed E-state index contributed by atoms with van der Waals surface area (Å²) < 4.78 is 1.12. The Balaban J connectivity index is 1.42. The van der Waals surface area contributed by atoms with Crippen molar-refractivity contribution in [3.63, 3.8) is 0 Å². The lowest BCUT2D eigenvalue weighted by molar-refractivity contribution is 0.102. The first-order valence-electron chi connectivity index (χ1n) is 11.3. The average molecular weight is 474 g/mol. The molecule has 0 unspecified atom stereocenters. The Morgan fingerprint density at radius 1 is 1.15 bits per heavy atom. The van der Waals surface area contributed by atoms with Gasteiger partial charge in [0.15, 0.2) is 11.6 Å². The molecular formula is C25H27N7OS. The molecule has 174 valence electrons. The molecule has 0 aliphatic carbocycles. The minimum Gasteiger partial charge on any atom is -0.384 e. The second kappa shape index (κ2) is 9.36. The summed E-state index contributed by atoms with van der Waals surface area (Å²) in [4.78, 5) is 31.1. The maximum absolute atomic E-state index is 12.6. The van der Waals surface area contributed by atoms with Crippen LogP contribution in [0.4, 0.5) is 17.3 Å². The average Bonchev–Trinajstić information content (AvgIpc) is 3.33. The molecule has 34 heavy (non-hydrogen) atoms. The normalized spacial score (nSPS) is 14.6. The number of nitrogens with zero attached hydrogens (tertiary/aromatic N) is 5. The van der Waals surface area contributed by atoms with Crippen LogP contribution in [0.15, 0.2) is 54.0 Å². The first-order valence-corrected chi connectivity index (χ1v) is 12.2. The van der Waals surface area contributed by atoms with E-state index in [4.69, 9.17) is 15.7 Å². The van der Waals surface area contributed by atoms with Crippen LogP contribution in [0.3, 0.4) is 0 Å². The number of rotatable bonds is 5. The van der Waals surface area contributed by atoms with Crippen LogP contribution in [-0.4, -0.2) is 59.0 Å². The fraction of sp³-hybridized carbons (Fsp3) is 0.280. The molecule has 0 saturated carbocycles. The second-order valence-electron chi connectivity index (χ2n) is 8.69. The van der Waals surface area contributed by atoms with E-state index in [-0.39, 0.29) is 5.91 Å². The van der Waals surface area contributed by atoms with Crippen LogP contribution in [0.2, 0.25) is 0 Å². The van der Waals surface area contributed by atoms with Crippen LogP contribution in [-0.2, 0) is 0 Å². The number of hydrogen-bond acceptors (Lipinski definition) is 8. The van der Waals surface area contributed by atoms with Crippen LogP contribution in [0.1, 0.15) is 23.2 Å². The van der Waals surface area contributed by atoms with Gasteiger partial charge in [-0.05, 0) is 62.6 Å². The molecule has 8 nitrogen and oxygen atoms in total. The maximum Gasteiger partial charge on any atom is 0.257 e. The Bertz CT molecular complexity index is 1310. The van der Waals surface area contributed by atoms with Gasteiger partial charge >= 0.3 is 0 Å². The molecule has 1 aliphatic rings. The lowest BCUT2D eigenvalue weighted by atomic mass is 10.0. The Kier molecular flexibility index (Phi) is 6.12. The number of thiophene rings is 1. The smallest absolute Gasteiger partial charge is 0.257 e. The third kappa shape index (κ3) is 4.57. The van der Waals surface area contributed by atoms with Gasteiger partial charge in [-0.3, -0.25) is 4.79 Å². The number of nitrogens with two attached hydrogens (primary N) is 1. The fourth-order valence-corrected chi connectivity index (χ4v) is 5.11. The molecule has 9 heteroatoms. The zero-order chi connectivity index (χ0) is 23.7. The summed E-state index contributed by atoms with van der Waals surface area (Å²) in [5.41, 5.74) is 8.53. The predicted molar refractivity (Wildman–Crippen MR) is 138 cm³/mol. The van der Waals surface area contributed by atoms with Crippen molar-refractivity contribution >= 4 is 44.8 Å². The lowest BCUT2D eigenvalue weighted by Crippen LogP contribution is -2.42. The molecule has 0 atom stereocenters. The number of hydrogen-bond donors (Lipinski definition) is 2. The summed E-state index contributed by atoms with van der Waals surface area (Å²) in [5, 5.41) is 4.99. The number of nitrogens with one attached hydrogen (secondary N) is 1. The number of nitrogen functional groups attached to an aromatic ring is 1. The predicted octanol–water partition coefficient (Wildman–Crippen LogP) is 4.12. The zero-order valence-electron chi connectivity index (χ0n) is 19.2. The van der Waals surface area contributed by atoms with Crippen LogP contribution < -0.4 is 16.0 Å². The van der Waals surface area contributed by atoms with Gasteiger partial charge in [0.2, 0.25) is 0 Å². The zero-order valence-corrected chi connectivity index (χ0v) is 20.0. The minimum atomic E-state index is -0.247. The molecular weight excluding hydrogens is 446 g/mol. The van der Waals surface area contributed by atoms with Crippen LogP contribution in [0.5, 0.6) is 0 Å². The quantitative estimate of drug-likeness (QED) is 0.450. The van der Waals surface area contributed by atoms with E-state index in [2.05, 4.69) is 39.6 Å². The molecule has 0 spiro atoms. The van der Waals surface area contributed by atoms with E-state index in [0.717, 1.165) is 47.5 Å². The number of piperidine rings is 1. The number of anilines is 3. The number of benzene rings is 1. The second-order valence-corrected chi connectivity index (χ2v) is 9.61. The Hall–Kier alpha value is -3.56. The molecule has 1 saturated heterocycles. The topological polar surface area (TPSA) is 100 Å². The fourth-order valence-electron chi connectivity index (χ4n) is 4.26. The van der Waals surface area contributed by atoms with Gasteiger partial charge in [-0.1, -0.05) is 12.1 Å². The van der Waals surface area contributed by atoms with E-state index in [1.165, 1.54) is 6.20 Å². The Morgan fingerprint density at radius 3 is 2.71 bits per heavy atom. The molecule has 3 aromatic heterocycles. The maximum atomic E-state index is 12.6. The van der Waals surface area contributed by atoms with Crippen LogP contribution in [0, 0.1) is 0 Å². The highest BCUT2D eigenvalue weighted by molar-refractivity contribution is 7.17. The van der Waals surface area contributed by atoms with Gasteiger partial charge in [0, 0.05) is 36.6 Å². The van der Waals surface area contributed by atoms with E-state index >= 15 is 0 Å².